The second kappa shape index (κ2) is 6.46. The number of pyridine rings is 1. The molecule has 0 unspecified atom stereocenters. The number of rotatable bonds is 5. The lowest BCUT2D eigenvalue weighted by Gasteiger charge is -2.37. The molecule has 2 aliphatic rings. The highest BCUT2D eigenvalue weighted by molar-refractivity contribution is 7.93. The van der Waals surface area contributed by atoms with Gasteiger partial charge in [0, 0.05) is 6.54 Å². The van der Waals surface area contributed by atoms with Crippen LogP contribution in [0, 0.1) is 0 Å². The van der Waals surface area contributed by atoms with Crippen LogP contribution in [0.4, 0.5) is 5.82 Å². The number of sulfone groups is 1. The fraction of sp³-hybridized carbons (Fsp3) is 0.706. The predicted molar refractivity (Wildman–Crippen MR) is 96.5 cm³/mol. The molecule has 1 aliphatic heterocycles. The molecule has 1 aliphatic carbocycles. The molecule has 0 amide bonds. The Morgan fingerprint density at radius 3 is 2.71 bits per heavy atom. The van der Waals surface area contributed by atoms with E-state index in [1.54, 1.807) is 19.9 Å². The number of anilines is 1. The van der Waals surface area contributed by atoms with E-state index in [0.29, 0.717) is 23.9 Å². The molecule has 2 fully saturated rings. The van der Waals surface area contributed by atoms with Gasteiger partial charge in [-0.05, 0) is 50.8 Å². The largest absolute Gasteiger partial charge is 0.377 e. The molecule has 0 radical (unpaired) electrons. The summed E-state index contributed by atoms with van der Waals surface area (Å²) in [5.41, 5.74) is 0.714. The molecule has 1 saturated carbocycles. The number of nitrogens with zero attached hydrogens (tertiary/aromatic N) is 2. The van der Waals surface area contributed by atoms with E-state index in [1.165, 1.54) is 0 Å². The Hall–Kier alpha value is -0.850. The highest BCUT2D eigenvalue weighted by atomic mass is 35.5. The summed E-state index contributed by atoms with van der Waals surface area (Å²) in [6.45, 7) is 7.69. The smallest absolute Gasteiger partial charge is 0.162 e. The number of halogens is 1. The van der Waals surface area contributed by atoms with Crippen LogP contribution in [0.25, 0.3) is 0 Å². The Morgan fingerprint density at radius 1 is 1.38 bits per heavy atom. The van der Waals surface area contributed by atoms with E-state index in [4.69, 9.17) is 16.3 Å². The summed E-state index contributed by atoms with van der Waals surface area (Å²) in [6, 6.07) is 3.81. The zero-order chi connectivity index (χ0) is 17.5. The second-order valence-electron chi connectivity index (χ2n) is 7.12. The molecule has 1 aromatic rings. The standard InChI is InChI=1S/C17H25ClN2O3S/c1-4-13-11-23-8-7-20(13)16-10-12(9-15(18)19-16)17(2,3)24(21,22)14-5-6-14/h9-10,13-14H,4-8,11H2,1-3H3/t13-/m0/s1. The predicted octanol–water partition coefficient (Wildman–Crippen LogP) is 3.16. The fourth-order valence-corrected chi connectivity index (χ4v) is 5.47. The third-order valence-electron chi connectivity index (χ3n) is 5.14. The second-order valence-corrected chi connectivity index (χ2v) is 10.3. The Morgan fingerprint density at radius 2 is 2.08 bits per heavy atom. The summed E-state index contributed by atoms with van der Waals surface area (Å²) in [6.07, 6.45) is 2.46. The highest BCUT2D eigenvalue weighted by Gasteiger charge is 2.47. The third-order valence-corrected chi connectivity index (χ3v) is 8.34. The first-order valence-corrected chi connectivity index (χ1v) is 10.5. The van der Waals surface area contributed by atoms with E-state index in [9.17, 15) is 8.42 Å². The maximum absolute atomic E-state index is 12.8. The van der Waals surface area contributed by atoms with Crippen molar-refractivity contribution in [1.82, 2.24) is 4.98 Å². The topological polar surface area (TPSA) is 59.5 Å². The van der Waals surface area contributed by atoms with Crippen LogP contribution in [0.3, 0.4) is 0 Å². The fourth-order valence-electron chi connectivity index (χ4n) is 3.23. The van der Waals surface area contributed by atoms with Crippen LogP contribution in [0.1, 0.15) is 45.6 Å². The molecule has 0 bridgehead atoms. The maximum Gasteiger partial charge on any atom is 0.162 e. The summed E-state index contributed by atoms with van der Waals surface area (Å²) >= 11 is 6.25. The van der Waals surface area contributed by atoms with Crippen LogP contribution in [-0.4, -0.2) is 44.5 Å². The van der Waals surface area contributed by atoms with Crippen LogP contribution in [0.15, 0.2) is 12.1 Å². The van der Waals surface area contributed by atoms with Gasteiger partial charge in [0.2, 0.25) is 0 Å². The molecule has 0 aromatic carbocycles. The SMILES string of the molecule is CC[C@H]1COCCN1c1cc(C(C)(C)S(=O)(=O)C2CC2)cc(Cl)n1. The van der Waals surface area contributed by atoms with E-state index < -0.39 is 14.6 Å². The van der Waals surface area contributed by atoms with Crippen molar-refractivity contribution in [2.45, 2.75) is 56.1 Å². The minimum atomic E-state index is -3.23. The van der Waals surface area contributed by atoms with Gasteiger partial charge in [-0.15, -0.1) is 0 Å². The van der Waals surface area contributed by atoms with Crippen molar-refractivity contribution < 1.29 is 13.2 Å². The van der Waals surface area contributed by atoms with Gasteiger partial charge in [0.05, 0.1) is 29.3 Å². The van der Waals surface area contributed by atoms with E-state index in [0.717, 1.165) is 31.6 Å². The average molecular weight is 373 g/mol. The lowest BCUT2D eigenvalue weighted by atomic mass is 10.0. The van der Waals surface area contributed by atoms with Crippen molar-refractivity contribution in [3.05, 3.63) is 22.8 Å². The normalized spacial score (nSPS) is 22.7. The summed E-state index contributed by atoms with van der Waals surface area (Å²) in [7, 11) is -3.23. The third kappa shape index (κ3) is 3.16. The van der Waals surface area contributed by atoms with Gasteiger partial charge in [-0.3, -0.25) is 0 Å². The Balaban J connectivity index is 2.00. The maximum atomic E-state index is 12.8. The molecular weight excluding hydrogens is 348 g/mol. The van der Waals surface area contributed by atoms with Gasteiger partial charge in [0.1, 0.15) is 11.0 Å². The number of hydrogen-bond donors (Lipinski definition) is 0. The van der Waals surface area contributed by atoms with Crippen molar-refractivity contribution in [2.75, 3.05) is 24.7 Å². The first kappa shape index (κ1) is 18.0. The van der Waals surface area contributed by atoms with Gasteiger partial charge in [-0.1, -0.05) is 18.5 Å². The van der Waals surface area contributed by atoms with Gasteiger partial charge in [-0.2, -0.15) is 0 Å². The molecule has 7 heteroatoms. The molecule has 3 rings (SSSR count). The lowest BCUT2D eigenvalue weighted by molar-refractivity contribution is 0.0925. The van der Waals surface area contributed by atoms with Crippen molar-refractivity contribution in [1.29, 1.82) is 0 Å². The first-order valence-electron chi connectivity index (χ1n) is 8.53. The zero-order valence-electron chi connectivity index (χ0n) is 14.5. The summed E-state index contributed by atoms with van der Waals surface area (Å²) in [5.74, 6) is 0.742. The van der Waals surface area contributed by atoms with E-state index in [2.05, 4.69) is 16.8 Å². The molecule has 24 heavy (non-hydrogen) atoms. The Bertz CT molecular complexity index is 717. The Labute approximate surface area is 149 Å². The molecule has 1 saturated heterocycles. The minimum absolute atomic E-state index is 0.213. The molecule has 1 atom stereocenters. The van der Waals surface area contributed by atoms with Crippen LogP contribution >= 0.6 is 11.6 Å². The van der Waals surface area contributed by atoms with Crippen LogP contribution in [0.5, 0.6) is 0 Å². The molecule has 0 spiro atoms. The van der Waals surface area contributed by atoms with Gasteiger partial charge in [-0.25, -0.2) is 13.4 Å². The highest BCUT2D eigenvalue weighted by Crippen LogP contribution is 2.42. The minimum Gasteiger partial charge on any atom is -0.377 e. The molecule has 134 valence electrons. The van der Waals surface area contributed by atoms with E-state index in [1.807, 2.05) is 6.07 Å². The molecular formula is C17H25ClN2O3S. The number of aromatic nitrogens is 1. The van der Waals surface area contributed by atoms with Gasteiger partial charge in [0.25, 0.3) is 0 Å². The first-order chi connectivity index (χ1) is 11.3. The average Bonchev–Trinajstić information content (AvgIpc) is 3.39. The summed E-state index contributed by atoms with van der Waals surface area (Å²) in [4.78, 5) is 6.63. The lowest BCUT2D eigenvalue weighted by Crippen LogP contribution is -2.45. The molecule has 5 nitrogen and oxygen atoms in total. The van der Waals surface area contributed by atoms with E-state index >= 15 is 0 Å². The number of ether oxygens (including phenoxy) is 1. The van der Waals surface area contributed by atoms with Crippen molar-refractivity contribution in [3.63, 3.8) is 0 Å². The monoisotopic (exact) mass is 372 g/mol. The molecule has 0 N–H and O–H groups in total. The number of morpholine rings is 1. The van der Waals surface area contributed by atoms with Crippen molar-refractivity contribution >= 4 is 27.3 Å². The number of hydrogen-bond acceptors (Lipinski definition) is 5. The van der Waals surface area contributed by atoms with Crippen molar-refractivity contribution in [3.8, 4) is 0 Å². The summed E-state index contributed by atoms with van der Waals surface area (Å²) < 4.78 is 30.3. The van der Waals surface area contributed by atoms with E-state index in [-0.39, 0.29) is 11.3 Å². The van der Waals surface area contributed by atoms with Crippen LogP contribution in [-0.2, 0) is 19.3 Å². The Kier molecular flexibility index (Phi) is 4.84. The van der Waals surface area contributed by atoms with Gasteiger partial charge >= 0.3 is 0 Å². The molecule has 2 heterocycles. The molecule has 1 aromatic heterocycles. The van der Waals surface area contributed by atoms with Crippen LogP contribution < -0.4 is 4.90 Å². The quantitative estimate of drug-likeness (QED) is 0.743. The van der Waals surface area contributed by atoms with Gasteiger partial charge in [0.15, 0.2) is 9.84 Å². The van der Waals surface area contributed by atoms with Crippen LogP contribution in [0.2, 0.25) is 5.15 Å². The zero-order valence-corrected chi connectivity index (χ0v) is 16.0. The summed E-state index contributed by atoms with van der Waals surface area (Å²) in [5, 5.41) is 0.123. The van der Waals surface area contributed by atoms with Gasteiger partial charge < -0.3 is 9.64 Å². The van der Waals surface area contributed by atoms with Crippen molar-refractivity contribution in [2.24, 2.45) is 0 Å².